The van der Waals surface area contributed by atoms with Gasteiger partial charge in [0, 0.05) is 0 Å². The van der Waals surface area contributed by atoms with Gasteiger partial charge in [0.15, 0.2) is 0 Å². The van der Waals surface area contributed by atoms with Crippen LogP contribution in [0, 0.1) is 0 Å². The maximum atomic E-state index is 13.1. The molecule has 7 heteroatoms. The zero-order valence-electron chi connectivity index (χ0n) is 18.5. The third-order valence-corrected chi connectivity index (χ3v) is 5.41. The third kappa shape index (κ3) is 4.98. The van der Waals surface area contributed by atoms with Crippen molar-refractivity contribution >= 4 is 24.7 Å². The van der Waals surface area contributed by atoms with Gasteiger partial charge in [0.2, 0.25) is 0 Å². The summed E-state index contributed by atoms with van der Waals surface area (Å²) in [5.74, 6) is 0.715. The zero-order chi connectivity index (χ0) is 22.1. The Morgan fingerprint density at radius 2 is 1.73 bits per heavy atom. The van der Waals surface area contributed by atoms with Crippen LogP contribution in [0.4, 0.5) is 0 Å². The molecule has 0 fully saturated rings. The normalized spacial score (nSPS) is 12.0. The Balaban J connectivity index is 2.15. The molecular weight excluding hydrogens is 395 g/mol. The van der Waals surface area contributed by atoms with Crippen LogP contribution in [0.15, 0.2) is 42.5 Å². The molecule has 1 heterocycles. The molecule has 2 aromatic carbocycles. The van der Waals surface area contributed by atoms with E-state index in [0.29, 0.717) is 10.6 Å². The Labute approximate surface area is 184 Å². The van der Waals surface area contributed by atoms with Crippen molar-refractivity contribution in [2.45, 2.75) is 58.9 Å². The van der Waals surface area contributed by atoms with Gasteiger partial charge in [0.05, 0.1) is 0 Å². The molecule has 1 amide bonds. The molecule has 5 nitrogen and oxygen atoms in total. The Kier molecular flexibility index (Phi) is 6.18. The second kappa shape index (κ2) is 8.34. The fourth-order valence-electron chi connectivity index (χ4n) is 3.08. The molecule has 3 rings (SSSR count). The van der Waals surface area contributed by atoms with Crippen LogP contribution in [0.1, 0.15) is 64.1 Å². The molecule has 0 aliphatic carbocycles. The number of carbonyl (C=O) groups is 1. The minimum absolute atomic E-state index is 0.115. The Morgan fingerprint density at radius 1 is 1.07 bits per heavy atom. The topological polar surface area (TPSA) is 59.8 Å². The summed E-state index contributed by atoms with van der Waals surface area (Å²) in [4.78, 5) is 17.5. The van der Waals surface area contributed by atoms with Crippen molar-refractivity contribution in [2.24, 2.45) is 0 Å². The van der Waals surface area contributed by atoms with Crippen molar-refractivity contribution < 1.29 is 4.79 Å². The van der Waals surface area contributed by atoms with E-state index in [1.54, 1.807) is 11.9 Å². The van der Waals surface area contributed by atoms with E-state index >= 15 is 0 Å². The van der Waals surface area contributed by atoms with Crippen LogP contribution >= 0.6 is 11.6 Å². The van der Waals surface area contributed by atoms with Crippen molar-refractivity contribution in [3.05, 3.63) is 58.9 Å². The number of aromatic nitrogens is 3. The second-order valence-electron chi connectivity index (χ2n) is 9.21. The molecule has 0 aliphatic heterocycles. The van der Waals surface area contributed by atoms with Gasteiger partial charge in [-0.2, -0.15) is 0 Å². The molecular formula is C23H28BClN4O. The first-order chi connectivity index (χ1) is 14.0. The average molecular weight is 423 g/mol. The number of benzene rings is 2. The first-order valence-electron chi connectivity index (χ1n) is 10.1. The van der Waals surface area contributed by atoms with Crippen molar-refractivity contribution in [1.82, 2.24) is 19.9 Å². The summed E-state index contributed by atoms with van der Waals surface area (Å²) in [6, 6.07) is 13.4. The molecule has 1 aromatic heterocycles. The van der Waals surface area contributed by atoms with Gasteiger partial charge >= 0.3 is 184 Å². The summed E-state index contributed by atoms with van der Waals surface area (Å²) in [6.45, 7) is 12.4. The van der Waals surface area contributed by atoms with E-state index in [1.807, 2.05) is 56.3 Å². The maximum absolute atomic E-state index is 13.1. The Hall–Kier alpha value is -2.47. The molecule has 0 saturated carbocycles. The van der Waals surface area contributed by atoms with Gasteiger partial charge in [0.25, 0.3) is 0 Å². The number of nitrogens with one attached hydrogen (secondary N) is 1. The standard InChI is InChI=1S/C23H28BClN4O/c1-7-23(5,6)26-20(30)17-12-16(15-8-10-18(25)11-9-15)13-19(14-17)29-21(22(2,3)4)27-24-28-29/h8-14H,7H2,1-6H3,(H,26,30). The molecule has 0 spiro atoms. The molecule has 0 bridgehead atoms. The van der Waals surface area contributed by atoms with Gasteiger partial charge in [-0.05, 0) is 0 Å². The fraction of sp³-hybridized carbons (Fsp3) is 0.391. The van der Waals surface area contributed by atoms with E-state index in [1.165, 1.54) is 0 Å². The number of hydrogen-bond acceptors (Lipinski definition) is 3. The number of hydrogen-bond donors (Lipinski definition) is 1. The molecule has 3 aromatic rings. The van der Waals surface area contributed by atoms with Gasteiger partial charge in [-0.25, -0.2) is 0 Å². The van der Waals surface area contributed by atoms with Gasteiger partial charge in [-0.15, -0.1) is 0 Å². The van der Waals surface area contributed by atoms with Crippen LogP contribution in [0.3, 0.4) is 0 Å². The van der Waals surface area contributed by atoms with Crippen LogP contribution in [0.25, 0.3) is 16.8 Å². The molecule has 1 N–H and O–H groups in total. The van der Waals surface area contributed by atoms with E-state index in [4.69, 9.17) is 11.6 Å². The van der Waals surface area contributed by atoms with E-state index in [9.17, 15) is 4.79 Å². The second-order valence-corrected chi connectivity index (χ2v) is 9.65. The fourth-order valence-corrected chi connectivity index (χ4v) is 3.21. The van der Waals surface area contributed by atoms with Crippen LogP contribution in [0.5, 0.6) is 0 Å². The summed E-state index contributed by atoms with van der Waals surface area (Å²) >= 11 is 6.07. The summed E-state index contributed by atoms with van der Waals surface area (Å²) in [7, 11) is 1.55. The molecule has 0 saturated heterocycles. The molecule has 0 aliphatic rings. The predicted octanol–water partition coefficient (Wildman–Crippen LogP) is 5.14. The third-order valence-electron chi connectivity index (χ3n) is 5.16. The van der Waals surface area contributed by atoms with E-state index in [-0.39, 0.29) is 16.9 Å². The van der Waals surface area contributed by atoms with Crippen molar-refractivity contribution in [1.29, 1.82) is 0 Å². The van der Waals surface area contributed by atoms with Crippen LogP contribution in [-0.4, -0.2) is 33.2 Å². The molecule has 0 atom stereocenters. The van der Waals surface area contributed by atoms with Crippen LogP contribution < -0.4 is 5.32 Å². The number of carbonyl (C=O) groups excluding carboxylic acids is 1. The van der Waals surface area contributed by atoms with Crippen LogP contribution in [0.2, 0.25) is 5.02 Å². The van der Waals surface area contributed by atoms with Gasteiger partial charge < -0.3 is 0 Å². The number of amides is 1. The summed E-state index contributed by atoms with van der Waals surface area (Å²) < 4.78 is 1.81. The molecule has 156 valence electrons. The SMILES string of the molecule is CCC(C)(C)NC(=O)c1cc(-c2ccc(Cl)cc2)cc(-n2nbnc2C(C)(C)C)c1. The molecule has 0 unspecified atom stereocenters. The quantitative estimate of drug-likeness (QED) is 0.619. The van der Waals surface area contributed by atoms with Gasteiger partial charge in [-0.1, -0.05) is 0 Å². The van der Waals surface area contributed by atoms with Gasteiger partial charge in [-0.3, -0.25) is 0 Å². The Bertz CT molecular complexity index is 1050. The van der Waals surface area contributed by atoms with Crippen molar-refractivity contribution in [3.8, 4) is 16.8 Å². The van der Waals surface area contributed by atoms with E-state index < -0.39 is 0 Å². The van der Waals surface area contributed by atoms with Crippen LogP contribution in [-0.2, 0) is 5.41 Å². The minimum atomic E-state index is -0.294. The summed E-state index contributed by atoms with van der Waals surface area (Å²) in [5.41, 5.74) is 2.77. The predicted molar refractivity (Wildman–Crippen MR) is 124 cm³/mol. The first-order valence-corrected chi connectivity index (χ1v) is 10.5. The molecule has 0 radical (unpaired) electrons. The summed E-state index contributed by atoms with van der Waals surface area (Å²) in [6.07, 6.45) is 0.833. The van der Waals surface area contributed by atoms with E-state index in [0.717, 1.165) is 29.1 Å². The van der Waals surface area contributed by atoms with Gasteiger partial charge in [0.1, 0.15) is 0 Å². The number of nitrogens with zero attached hydrogens (tertiary/aromatic N) is 3. The number of halogens is 1. The first kappa shape index (κ1) is 22.2. The average Bonchev–Trinajstić information content (AvgIpc) is 3.18. The monoisotopic (exact) mass is 422 g/mol. The zero-order valence-corrected chi connectivity index (χ0v) is 19.2. The summed E-state index contributed by atoms with van der Waals surface area (Å²) in [5, 5.41) is 8.24. The number of rotatable bonds is 5. The van der Waals surface area contributed by atoms with Crippen molar-refractivity contribution in [3.63, 3.8) is 0 Å². The van der Waals surface area contributed by atoms with E-state index in [2.05, 4.69) is 42.9 Å². The molecule has 30 heavy (non-hydrogen) atoms. The van der Waals surface area contributed by atoms with Crippen molar-refractivity contribution in [2.75, 3.05) is 0 Å². The Morgan fingerprint density at radius 3 is 2.33 bits per heavy atom.